The summed E-state index contributed by atoms with van der Waals surface area (Å²) in [6.07, 6.45) is 1.54. The van der Waals surface area contributed by atoms with E-state index in [9.17, 15) is 14.7 Å². The van der Waals surface area contributed by atoms with E-state index in [1.165, 1.54) is 9.08 Å². The first-order valence-electron chi connectivity index (χ1n) is 10.0. The molecule has 2 heterocycles. The number of nitrogens with zero attached hydrogens (tertiary/aromatic N) is 3. The van der Waals surface area contributed by atoms with Gasteiger partial charge in [-0.25, -0.2) is 14.3 Å². The normalized spacial score (nSPS) is 17.5. The molecule has 8 heteroatoms. The van der Waals surface area contributed by atoms with Crippen molar-refractivity contribution in [2.75, 3.05) is 5.32 Å². The highest BCUT2D eigenvalue weighted by Crippen LogP contribution is 2.31. The molecule has 0 saturated heterocycles. The summed E-state index contributed by atoms with van der Waals surface area (Å²) in [4.78, 5) is 25.0. The van der Waals surface area contributed by atoms with Crippen molar-refractivity contribution in [2.24, 2.45) is 0 Å². The van der Waals surface area contributed by atoms with Gasteiger partial charge in [0.05, 0.1) is 18.7 Å². The van der Waals surface area contributed by atoms with Crippen molar-refractivity contribution in [1.82, 2.24) is 19.5 Å². The zero-order chi connectivity index (χ0) is 21.4. The van der Waals surface area contributed by atoms with Gasteiger partial charge < -0.3 is 15.7 Å². The Balaban J connectivity index is 1.30. The van der Waals surface area contributed by atoms with Crippen LogP contribution in [0.4, 0.5) is 10.5 Å². The number of aliphatic hydroxyl groups excluding tert-OH is 1. The number of carbonyl (C=O) groups is 1. The van der Waals surface area contributed by atoms with Crippen molar-refractivity contribution in [1.29, 1.82) is 0 Å². The SMILES string of the molecule is O=C(Nc1cccc(Cn2nc3ccccn3c2=O)c1)N[C@@H]1c2ccccc2C[C@@H]1O. The Labute approximate surface area is 177 Å². The molecule has 0 fully saturated rings. The molecular weight excluding hydrogens is 394 g/mol. The zero-order valence-electron chi connectivity index (χ0n) is 16.6. The fourth-order valence-corrected chi connectivity index (χ4v) is 4.05. The third kappa shape index (κ3) is 3.69. The Morgan fingerprint density at radius 3 is 2.81 bits per heavy atom. The van der Waals surface area contributed by atoms with Crippen molar-refractivity contribution >= 4 is 17.4 Å². The van der Waals surface area contributed by atoms with Crippen LogP contribution < -0.4 is 16.3 Å². The molecular formula is C23H21N5O3. The molecule has 0 saturated carbocycles. The Morgan fingerprint density at radius 2 is 1.94 bits per heavy atom. The van der Waals surface area contributed by atoms with Crippen molar-refractivity contribution in [3.63, 3.8) is 0 Å². The summed E-state index contributed by atoms with van der Waals surface area (Å²) in [6.45, 7) is 0.284. The van der Waals surface area contributed by atoms with Gasteiger partial charge in [0.2, 0.25) is 0 Å². The minimum Gasteiger partial charge on any atom is -0.390 e. The maximum atomic E-state index is 12.6. The van der Waals surface area contributed by atoms with E-state index in [0.29, 0.717) is 17.8 Å². The second-order valence-electron chi connectivity index (χ2n) is 7.62. The van der Waals surface area contributed by atoms with Crippen LogP contribution in [-0.4, -0.2) is 31.4 Å². The van der Waals surface area contributed by atoms with Gasteiger partial charge in [0.15, 0.2) is 5.65 Å². The average Bonchev–Trinajstić information content (AvgIpc) is 3.25. The third-order valence-corrected chi connectivity index (χ3v) is 5.50. The predicted molar refractivity (Wildman–Crippen MR) is 116 cm³/mol. The highest BCUT2D eigenvalue weighted by atomic mass is 16.3. The number of nitrogens with one attached hydrogen (secondary N) is 2. The van der Waals surface area contributed by atoms with Crippen LogP contribution >= 0.6 is 0 Å². The van der Waals surface area contributed by atoms with Gasteiger partial charge in [0, 0.05) is 18.3 Å². The second kappa shape index (κ2) is 7.73. The van der Waals surface area contributed by atoms with Gasteiger partial charge >= 0.3 is 11.7 Å². The van der Waals surface area contributed by atoms with Crippen molar-refractivity contribution < 1.29 is 9.90 Å². The lowest BCUT2D eigenvalue weighted by molar-refractivity contribution is 0.144. The fourth-order valence-electron chi connectivity index (χ4n) is 4.05. The van der Waals surface area contributed by atoms with E-state index in [2.05, 4.69) is 15.7 Å². The lowest BCUT2D eigenvalue weighted by Gasteiger charge is -2.18. The molecule has 1 aliphatic rings. The molecule has 2 amide bonds. The minimum absolute atomic E-state index is 0.222. The first kappa shape index (κ1) is 19.1. The van der Waals surface area contributed by atoms with E-state index in [0.717, 1.165) is 16.7 Å². The van der Waals surface area contributed by atoms with Gasteiger partial charge in [-0.1, -0.05) is 42.5 Å². The van der Waals surface area contributed by atoms with Gasteiger partial charge in [0.1, 0.15) is 0 Å². The number of rotatable bonds is 4. The molecule has 0 radical (unpaired) electrons. The van der Waals surface area contributed by atoms with Gasteiger partial charge in [-0.05, 0) is 41.0 Å². The average molecular weight is 415 g/mol. The number of aliphatic hydroxyl groups is 1. The van der Waals surface area contributed by atoms with Gasteiger partial charge in [-0.2, -0.15) is 0 Å². The Hall–Kier alpha value is -3.91. The fraction of sp³-hybridized carbons (Fsp3) is 0.174. The first-order valence-corrected chi connectivity index (χ1v) is 10.0. The van der Waals surface area contributed by atoms with E-state index in [4.69, 9.17) is 0 Å². The molecule has 0 bridgehead atoms. The molecule has 0 spiro atoms. The summed E-state index contributed by atoms with van der Waals surface area (Å²) in [5.41, 5.74) is 3.75. The van der Waals surface area contributed by atoms with Crippen LogP contribution in [0.5, 0.6) is 0 Å². The maximum Gasteiger partial charge on any atom is 0.350 e. The van der Waals surface area contributed by atoms with Crippen molar-refractivity contribution in [3.8, 4) is 0 Å². The van der Waals surface area contributed by atoms with Gasteiger partial charge in [-0.3, -0.25) is 4.40 Å². The number of hydrogen-bond acceptors (Lipinski definition) is 4. The highest BCUT2D eigenvalue weighted by Gasteiger charge is 2.31. The molecule has 2 aromatic carbocycles. The quantitative estimate of drug-likeness (QED) is 0.476. The molecule has 3 N–H and O–H groups in total. The number of anilines is 1. The summed E-state index contributed by atoms with van der Waals surface area (Å²) >= 11 is 0. The highest BCUT2D eigenvalue weighted by molar-refractivity contribution is 5.89. The number of aromatic nitrogens is 3. The molecule has 1 aliphatic carbocycles. The van der Waals surface area contributed by atoms with Crippen LogP contribution in [0.25, 0.3) is 5.65 Å². The van der Waals surface area contributed by atoms with Crippen molar-refractivity contribution in [3.05, 3.63) is 100 Å². The second-order valence-corrected chi connectivity index (χ2v) is 7.62. The summed E-state index contributed by atoms with van der Waals surface area (Å²) < 4.78 is 2.88. The smallest absolute Gasteiger partial charge is 0.350 e. The predicted octanol–water partition coefficient (Wildman–Crippen LogP) is 2.32. The van der Waals surface area contributed by atoms with Gasteiger partial charge in [0.25, 0.3) is 0 Å². The number of amides is 2. The van der Waals surface area contributed by atoms with Gasteiger partial charge in [-0.15, -0.1) is 5.10 Å². The Kier molecular flexibility index (Phi) is 4.76. The zero-order valence-corrected chi connectivity index (χ0v) is 16.6. The molecule has 156 valence electrons. The molecule has 2 aromatic heterocycles. The molecule has 0 aliphatic heterocycles. The molecule has 2 atom stereocenters. The third-order valence-electron chi connectivity index (χ3n) is 5.50. The lowest BCUT2D eigenvalue weighted by Crippen LogP contribution is -2.36. The number of carbonyl (C=O) groups excluding carboxylic acids is 1. The molecule has 5 rings (SSSR count). The van der Waals surface area contributed by atoms with Crippen LogP contribution in [0.1, 0.15) is 22.7 Å². The van der Waals surface area contributed by atoms with E-state index < -0.39 is 18.2 Å². The largest absolute Gasteiger partial charge is 0.390 e. The number of urea groups is 1. The van der Waals surface area contributed by atoms with Crippen LogP contribution in [0, 0.1) is 0 Å². The molecule has 0 unspecified atom stereocenters. The summed E-state index contributed by atoms with van der Waals surface area (Å²) in [5, 5.41) is 20.3. The van der Waals surface area contributed by atoms with E-state index in [-0.39, 0.29) is 12.2 Å². The molecule has 31 heavy (non-hydrogen) atoms. The summed E-state index contributed by atoms with van der Waals surface area (Å²) in [6, 6.07) is 19.5. The topological polar surface area (TPSA) is 101 Å². The molecule has 4 aromatic rings. The number of benzene rings is 2. The van der Waals surface area contributed by atoms with E-state index in [1.807, 2.05) is 42.5 Å². The van der Waals surface area contributed by atoms with Crippen LogP contribution in [-0.2, 0) is 13.0 Å². The van der Waals surface area contributed by atoms with Crippen LogP contribution in [0.3, 0.4) is 0 Å². The molecule has 8 nitrogen and oxygen atoms in total. The standard InChI is InChI=1S/C23H21N5O3/c29-19-13-16-7-1-2-9-18(16)21(19)25-22(30)24-17-8-5-6-15(12-17)14-28-23(31)27-11-4-3-10-20(27)26-28/h1-12,19,21,29H,13-14H2,(H2,24,25,30)/t19-,21+/m0/s1. The number of pyridine rings is 1. The van der Waals surface area contributed by atoms with Crippen LogP contribution in [0.15, 0.2) is 77.7 Å². The van der Waals surface area contributed by atoms with E-state index >= 15 is 0 Å². The number of fused-ring (bicyclic) bond motifs is 2. The summed E-state index contributed by atoms with van der Waals surface area (Å²) in [5.74, 6) is 0. The van der Waals surface area contributed by atoms with Crippen LogP contribution in [0.2, 0.25) is 0 Å². The minimum atomic E-state index is -0.656. The first-order chi connectivity index (χ1) is 15.1. The Bertz CT molecular complexity index is 1330. The number of hydrogen-bond donors (Lipinski definition) is 3. The van der Waals surface area contributed by atoms with Crippen molar-refractivity contribution in [2.45, 2.75) is 25.1 Å². The van der Waals surface area contributed by atoms with E-state index in [1.54, 1.807) is 30.5 Å². The monoisotopic (exact) mass is 415 g/mol. The maximum absolute atomic E-state index is 12.6. The Morgan fingerprint density at radius 1 is 1.10 bits per heavy atom. The summed E-state index contributed by atoms with van der Waals surface area (Å²) in [7, 11) is 0. The lowest BCUT2D eigenvalue weighted by atomic mass is 10.1.